The summed E-state index contributed by atoms with van der Waals surface area (Å²) >= 11 is 2.44. The van der Waals surface area contributed by atoms with E-state index in [2.05, 4.69) is 48.9 Å². The summed E-state index contributed by atoms with van der Waals surface area (Å²) in [5.74, 6) is 2.62. The third-order valence-corrected chi connectivity index (χ3v) is 5.70. The van der Waals surface area contributed by atoms with Gasteiger partial charge in [0.25, 0.3) is 0 Å². The first-order valence-corrected chi connectivity index (χ1v) is 8.36. The van der Waals surface area contributed by atoms with Crippen LogP contribution < -0.4 is 0 Å². The quantitative estimate of drug-likeness (QED) is 0.496. The van der Waals surface area contributed by atoms with Crippen molar-refractivity contribution in [2.75, 3.05) is 0 Å². The summed E-state index contributed by atoms with van der Waals surface area (Å²) in [6, 6.07) is 0. The molecular formula is C9H20BIS. The average Bonchev–Trinajstić information content (AvgIpc) is 2.07. The maximum atomic E-state index is 2.44. The van der Waals surface area contributed by atoms with Crippen molar-refractivity contribution >= 4 is 36.0 Å². The van der Waals surface area contributed by atoms with E-state index < -0.39 is 0 Å². The second kappa shape index (κ2) is 7.54. The minimum atomic E-state index is 0.854. The van der Waals surface area contributed by atoms with Crippen LogP contribution in [0, 0.1) is 5.92 Å². The van der Waals surface area contributed by atoms with Crippen molar-refractivity contribution in [2.45, 2.75) is 52.7 Å². The van der Waals surface area contributed by atoms with E-state index in [0.29, 0.717) is 0 Å². The molecule has 72 valence electrons. The van der Waals surface area contributed by atoms with Crippen LogP contribution in [0.2, 0.25) is 12.1 Å². The van der Waals surface area contributed by atoms with Gasteiger partial charge in [-0.3, -0.25) is 0 Å². The van der Waals surface area contributed by atoms with Crippen molar-refractivity contribution in [1.82, 2.24) is 0 Å². The van der Waals surface area contributed by atoms with Gasteiger partial charge in [-0.15, -0.1) is 8.78 Å². The number of hydrogen-bond acceptors (Lipinski definition) is 1. The van der Waals surface area contributed by atoms with E-state index in [4.69, 9.17) is 0 Å². The van der Waals surface area contributed by atoms with E-state index in [-0.39, 0.29) is 0 Å². The van der Waals surface area contributed by atoms with Gasteiger partial charge in [0.05, 0.1) is 0 Å². The highest BCUT2D eigenvalue weighted by Gasteiger charge is 2.24. The number of hydrogen-bond donors (Lipinski definition) is 0. The van der Waals surface area contributed by atoms with Crippen LogP contribution in [0.15, 0.2) is 0 Å². The highest BCUT2D eigenvalue weighted by atomic mass is 127. The fourth-order valence-electron chi connectivity index (χ4n) is 1.60. The zero-order valence-electron chi connectivity index (χ0n) is 8.64. The molecule has 0 spiro atoms. The third-order valence-electron chi connectivity index (χ3n) is 2.74. The van der Waals surface area contributed by atoms with Gasteiger partial charge < -0.3 is 0 Å². The molecule has 0 aromatic heterocycles. The van der Waals surface area contributed by atoms with E-state index in [1.807, 2.05) is 8.78 Å². The molecule has 0 bridgehead atoms. The predicted octanol–water partition coefficient (Wildman–Crippen LogP) is 4.91. The highest BCUT2D eigenvalue weighted by molar-refractivity contribution is 14.2. The summed E-state index contributed by atoms with van der Waals surface area (Å²) in [5, 5.41) is 0. The second-order valence-electron chi connectivity index (χ2n) is 3.66. The first-order chi connectivity index (χ1) is 5.67. The Bertz CT molecular complexity index is 107. The Morgan fingerprint density at radius 3 is 2.25 bits per heavy atom. The minimum Gasteiger partial charge on any atom is -0.141 e. The lowest BCUT2D eigenvalue weighted by atomic mass is 9.56. The topological polar surface area (TPSA) is 0 Å². The van der Waals surface area contributed by atoms with Crippen molar-refractivity contribution in [3.8, 4) is 0 Å². The Morgan fingerprint density at radius 2 is 1.92 bits per heavy atom. The van der Waals surface area contributed by atoms with Crippen LogP contribution in [0.25, 0.3) is 0 Å². The Kier molecular flexibility index (Phi) is 8.26. The summed E-state index contributed by atoms with van der Waals surface area (Å²) in [7, 11) is 2.00. The van der Waals surface area contributed by atoms with Crippen LogP contribution in [0.3, 0.4) is 0 Å². The van der Waals surface area contributed by atoms with Crippen molar-refractivity contribution < 1.29 is 0 Å². The predicted molar refractivity (Wildman–Crippen MR) is 71.3 cm³/mol. The van der Waals surface area contributed by atoms with E-state index in [1.54, 1.807) is 0 Å². The molecule has 0 aromatic rings. The molecule has 0 radical (unpaired) electrons. The lowest BCUT2D eigenvalue weighted by Gasteiger charge is -2.23. The maximum absolute atomic E-state index is 2.44. The van der Waals surface area contributed by atoms with Crippen LogP contribution in [-0.4, -0.2) is 5.99 Å². The van der Waals surface area contributed by atoms with Crippen molar-refractivity contribution in [3.63, 3.8) is 0 Å². The fourth-order valence-corrected chi connectivity index (χ4v) is 4.63. The highest BCUT2D eigenvalue weighted by Crippen LogP contribution is 2.35. The maximum Gasteiger partial charge on any atom is 0.226 e. The van der Waals surface area contributed by atoms with Gasteiger partial charge in [-0.25, -0.2) is 0 Å². The Labute approximate surface area is 94.2 Å². The van der Waals surface area contributed by atoms with E-state index >= 15 is 0 Å². The van der Waals surface area contributed by atoms with E-state index in [0.717, 1.165) is 17.7 Å². The van der Waals surface area contributed by atoms with Crippen molar-refractivity contribution in [1.29, 1.82) is 0 Å². The van der Waals surface area contributed by atoms with Gasteiger partial charge in [0.2, 0.25) is 5.99 Å². The SMILES string of the molecule is CCCC(C)C(C)B(CC)SI. The molecule has 2 unspecified atom stereocenters. The zero-order valence-corrected chi connectivity index (χ0v) is 11.6. The Morgan fingerprint density at radius 1 is 1.33 bits per heavy atom. The molecule has 0 nitrogen and oxygen atoms in total. The lowest BCUT2D eigenvalue weighted by Crippen LogP contribution is -2.18. The fraction of sp³-hybridized carbons (Fsp3) is 1.00. The molecule has 0 N–H and O–H groups in total. The molecule has 0 amide bonds. The molecule has 12 heavy (non-hydrogen) atoms. The van der Waals surface area contributed by atoms with Gasteiger partial charge >= 0.3 is 0 Å². The Hall–Kier alpha value is 1.14. The lowest BCUT2D eigenvalue weighted by molar-refractivity contribution is 0.504. The molecule has 0 saturated heterocycles. The van der Waals surface area contributed by atoms with Crippen molar-refractivity contribution in [3.05, 3.63) is 0 Å². The van der Waals surface area contributed by atoms with Gasteiger partial charge in [-0.1, -0.05) is 52.7 Å². The molecule has 0 saturated carbocycles. The summed E-state index contributed by atoms with van der Waals surface area (Å²) < 4.78 is 0. The summed E-state index contributed by atoms with van der Waals surface area (Å²) in [6.45, 7) is 9.37. The third kappa shape index (κ3) is 4.40. The molecule has 3 heteroatoms. The summed E-state index contributed by atoms with van der Waals surface area (Å²) in [4.78, 5) is 0. The molecule has 0 rings (SSSR count). The van der Waals surface area contributed by atoms with Gasteiger partial charge in [-0.2, -0.15) is 0 Å². The molecule has 0 aliphatic rings. The largest absolute Gasteiger partial charge is 0.226 e. The molecule has 0 aliphatic heterocycles. The molecule has 0 fully saturated rings. The Balaban J connectivity index is 3.87. The molecule has 0 heterocycles. The standard InChI is InChI=1S/C9H20BIS/c1-5-7-8(3)9(4)10(6-2)12-11/h8-9H,5-7H2,1-4H3. The first-order valence-electron chi connectivity index (χ1n) is 4.94. The van der Waals surface area contributed by atoms with Crippen LogP contribution in [0.4, 0.5) is 0 Å². The zero-order chi connectivity index (χ0) is 9.56. The molecule has 0 aromatic carbocycles. The summed E-state index contributed by atoms with van der Waals surface area (Å²) in [5.41, 5.74) is 0. The normalized spacial score (nSPS) is 15.8. The molecule has 2 atom stereocenters. The van der Waals surface area contributed by atoms with Crippen LogP contribution in [0.1, 0.15) is 40.5 Å². The van der Waals surface area contributed by atoms with Gasteiger partial charge in [0.15, 0.2) is 0 Å². The minimum absolute atomic E-state index is 0.854. The van der Waals surface area contributed by atoms with Gasteiger partial charge in [0.1, 0.15) is 0 Å². The first kappa shape index (κ1) is 13.1. The molecule has 0 aliphatic carbocycles. The summed E-state index contributed by atoms with van der Waals surface area (Å²) in [6.07, 6.45) is 4.02. The van der Waals surface area contributed by atoms with Crippen molar-refractivity contribution in [2.24, 2.45) is 5.92 Å². The van der Waals surface area contributed by atoms with E-state index in [1.165, 1.54) is 19.2 Å². The second-order valence-corrected chi connectivity index (χ2v) is 5.97. The van der Waals surface area contributed by atoms with Gasteiger partial charge in [0, 0.05) is 0 Å². The van der Waals surface area contributed by atoms with Gasteiger partial charge in [-0.05, 0) is 27.1 Å². The monoisotopic (exact) mass is 298 g/mol. The van der Waals surface area contributed by atoms with Crippen LogP contribution >= 0.6 is 30.0 Å². The van der Waals surface area contributed by atoms with Crippen LogP contribution in [-0.2, 0) is 0 Å². The molecular weight excluding hydrogens is 278 g/mol. The smallest absolute Gasteiger partial charge is 0.141 e. The number of rotatable bonds is 6. The average molecular weight is 298 g/mol. The van der Waals surface area contributed by atoms with Crippen LogP contribution in [0.5, 0.6) is 0 Å². The van der Waals surface area contributed by atoms with E-state index in [9.17, 15) is 0 Å². The number of halogens is 1.